The molecule has 0 spiro atoms. The lowest BCUT2D eigenvalue weighted by atomic mass is 10.2. The van der Waals surface area contributed by atoms with Crippen molar-refractivity contribution in [2.75, 3.05) is 31.0 Å². The Hall–Kier alpha value is -2.69. The highest BCUT2D eigenvalue weighted by molar-refractivity contribution is 7.92. The summed E-state index contributed by atoms with van der Waals surface area (Å²) in [5.41, 5.74) is 3.36. The molecule has 0 aliphatic carbocycles. The Kier molecular flexibility index (Phi) is 6.11. The van der Waals surface area contributed by atoms with E-state index in [0.717, 1.165) is 5.56 Å². The Morgan fingerprint density at radius 1 is 1.16 bits per heavy atom. The van der Waals surface area contributed by atoms with E-state index in [-0.39, 0.29) is 10.8 Å². The zero-order valence-electron chi connectivity index (χ0n) is 18.5. The second-order valence-corrected chi connectivity index (χ2v) is 10.5. The summed E-state index contributed by atoms with van der Waals surface area (Å²) in [5.74, 6) is -0.0607. The summed E-state index contributed by atoms with van der Waals surface area (Å²) in [6.45, 7) is 7.65. The minimum absolute atomic E-state index is 0.0607. The molecule has 1 amide bonds. The van der Waals surface area contributed by atoms with Crippen LogP contribution < -0.4 is 4.72 Å². The second kappa shape index (κ2) is 8.68. The van der Waals surface area contributed by atoms with Crippen LogP contribution in [0.2, 0.25) is 0 Å². The topological polar surface area (TPSA) is 93.5 Å². The third kappa shape index (κ3) is 4.30. The summed E-state index contributed by atoms with van der Waals surface area (Å²) < 4.78 is 36.0. The molecule has 4 rings (SSSR count). The average molecular weight is 475 g/mol. The molecule has 0 bridgehead atoms. The average Bonchev–Trinajstić information content (AvgIpc) is 3.28. The molecule has 1 aromatic carbocycles. The van der Waals surface area contributed by atoms with Crippen LogP contribution in [0, 0.1) is 20.8 Å². The number of hydrogen-bond donors (Lipinski definition) is 1. The van der Waals surface area contributed by atoms with Crippen LogP contribution in [0.25, 0.3) is 10.7 Å². The monoisotopic (exact) mass is 474 g/mol. The molecule has 0 radical (unpaired) electrons. The predicted octanol–water partition coefficient (Wildman–Crippen LogP) is 3.35. The number of nitrogens with one attached hydrogen (secondary N) is 1. The first kappa shape index (κ1) is 22.5. The van der Waals surface area contributed by atoms with Gasteiger partial charge in [-0.15, -0.1) is 11.3 Å². The van der Waals surface area contributed by atoms with Gasteiger partial charge < -0.3 is 14.2 Å². The maximum absolute atomic E-state index is 13.1. The van der Waals surface area contributed by atoms with Crippen LogP contribution in [0.15, 0.2) is 35.2 Å². The molecule has 2 aromatic heterocycles. The number of nitrogens with zero attached hydrogens (tertiary/aromatic N) is 3. The van der Waals surface area contributed by atoms with Crippen LogP contribution in [0.1, 0.15) is 26.6 Å². The molecule has 3 heterocycles. The Balaban J connectivity index is 1.66. The number of aromatic nitrogens is 2. The SMILES string of the molecule is Cc1cccc(NS(=O)(=O)c2cc(-c3nc(C)c(C(=O)N4CCOCC4)s3)n(C)c2C)c1. The predicted molar refractivity (Wildman–Crippen MR) is 125 cm³/mol. The fraction of sp³-hybridized carbons (Fsp3) is 0.364. The first-order chi connectivity index (χ1) is 15.2. The molecule has 10 heteroatoms. The molecule has 8 nitrogen and oxygen atoms in total. The molecular formula is C22H26N4O4S2. The van der Waals surface area contributed by atoms with Gasteiger partial charge in [0, 0.05) is 31.5 Å². The number of aryl methyl sites for hydroxylation is 2. The van der Waals surface area contributed by atoms with E-state index >= 15 is 0 Å². The molecule has 170 valence electrons. The number of sulfonamides is 1. The number of rotatable bonds is 5. The van der Waals surface area contributed by atoms with E-state index < -0.39 is 10.0 Å². The van der Waals surface area contributed by atoms with Crippen LogP contribution in [0.4, 0.5) is 5.69 Å². The van der Waals surface area contributed by atoms with Gasteiger partial charge in [0.15, 0.2) is 0 Å². The van der Waals surface area contributed by atoms with Gasteiger partial charge in [-0.2, -0.15) is 0 Å². The Bertz CT molecular complexity index is 1270. The Morgan fingerprint density at radius 3 is 2.56 bits per heavy atom. The Labute approximate surface area is 191 Å². The molecule has 32 heavy (non-hydrogen) atoms. The number of anilines is 1. The molecule has 1 N–H and O–H groups in total. The van der Waals surface area contributed by atoms with Crippen molar-refractivity contribution in [2.24, 2.45) is 7.05 Å². The summed E-state index contributed by atoms with van der Waals surface area (Å²) >= 11 is 1.29. The number of morpholine rings is 1. The second-order valence-electron chi connectivity index (χ2n) is 7.85. The number of hydrogen-bond acceptors (Lipinski definition) is 6. The van der Waals surface area contributed by atoms with Crippen LogP contribution in [-0.4, -0.2) is 55.1 Å². The quantitative estimate of drug-likeness (QED) is 0.612. The summed E-state index contributed by atoms with van der Waals surface area (Å²) in [4.78, 5) is 20.1. The molecule has 1 saturated heterocycles. The molecule has 1 fully saturated rings. The van der Waals surface area contributed by atoms with E-state index in [1.807, 2.05) is 19.1 Å². The van der Waals surface area contributed by atoms with Crippen LogP contribution in [0.3, 0.4) is 0 Å². The number of benzene rings is 1. The number of thiazole rings is 1. The maximum Gasteiger partial charge on any atom is 0.266 e. The van der Waals surface area contributed by atoms with Gasteiger partial charge in [0.2, 0.25) is 0 Å². The zero-order valence-corrected chi connectivity index (χ0v) is 20.1. The van der Waals surface area contributed by atoms with E-state index in [9.17, 15) is 13.2 Å². The zero-order chi connectivity index (χ0) is 23.0. The molecule has 1 aliphatic heterocycles. The maximum atomic E-state index is 13.1. The van der Waals surface area contributed by atoms with Gasteiger partial charge in [0.1, 0.15) is 14.8 Å². The molecule has 0 saturated carbocycles. The van der Waals surface area contributed by atoms with E-state index in [4.69, 9.17) is 4.74 Å². The number of carbonyl (C=O) groups excluding carboxylic acids is 1. The van der Waals surface area contributed by atoms with Crippen molar-refractivity contribution in [1.82, 2.24) is 14.5 Å². The highest BCUT2D eigenvalue weighted by Crippen LogP contribution is 2.33. The van der Waals surface area contributed by atoms with E-state index in [0.29, 0.717) is 59.0 Å². The largest absolute Gasteiger partial charge is 0.378 e. The van der Waals surface area contributed by atoms with Gasteiger partial charge >= 0.3 is 0 Å². The lowest BCUT2D eigenvalue weighted by Gasteiger charge is -2.26. The lowest BCUT2D eigenvalue weighted by molar-refractivity contribution is 0.0305. The van der Waals surface area contributed by atoms with E-state index in [1.54, 1.807) is 48.6 Å². The van der Waals surface area contributed by atoms with Gasteiger partial charge in [-0.1, -0.05) is 12.1 Å². The molecule has 0 atom stereocenters. The van der Waals surface area contributed by atoms with Crippen LogP contribution >= 0.6 is 11.3 Å². The van der Waals surface area contributed by atoms with Gasteiger partial charge in [0.25, 0.3) is 15.9 Å². The van der Waals surface area contributed by atoms with Crippen molar-refractivity contribution in [3.63, 3.8) is 0 Å². The first-order valence-corrected chi connectivity index (χ1v) is 12.6. The van der Waals surface area contributed by atoms with Crippen LogP contribution in [-0.2, 0) is 21.8 Å². The summed E-state index contributed by atoms with van der Waals surface area (Å²) in [5, 5.41) is 0.613. The third-order valence-corrected chi connectivity index (χ3v) is 8.22. The lowest BCUT2D eigenvalue weighted by Crippen LogP contribution is -2.40. The molecule has 0 unspecified atom stereocenters. The van der Waals surface area contributed by atoms with Crippen molar-refractivity contribution < 1.29 is 17.9 Å². The molecular weight excluding hydrogens is 448 g/mol. The van der Waals surface area contributed by atoms with Crippen molar-refractivity contribution >= 4 is 33.0 Å². The standard InChI is InChI=1S/C22H26N4O4S2/c1-14-6-5-7-17(12-14)24-32(28,29)19-13-18(25(4)16(19)3)21-23-15(2)20(31-21)22(27)26-8-10-30-11-9-26/h5-7,12-13,24H,8-11H2,1-4H3. The highest BCUT2D eigenvalue weighted by Gasteiger charge is 2.27. The minimum Gasteiger partial charge on any atom is -0.378 e. The third-order valence-electron chi connectivity index (χ3n) is 5.56. The van der Waals surface area contributed by atoms with Crippen molar-refractivity contribution in [3.8, 4) is 10.7 Å². The minimum atomic E-state index is -3.79. The highest BCUT2D eigenvalue weighted by atomic mass is 32.2. The summed E-state index contributed by atoms with van der Waals surface area (Å²) in [7, 11) is -1.99. The van der Waals surface area contributed by atoms with Crippen molar-refractivity contribution in [1.29, 1.82) is 0 Å². The first-order valence-electron chi connectivity index (χ1n) is 10.3. The summed E-state index contributed by atoms with van der Waals surface area (Å²) in [6.07, 6.45) is 0. The summed E-state index contributed by atoms with van der Waals surface area (Å²) in [6, 6.07) is 8.84. The van der Waals surface area contributed by atoms with E-state index in [2.05, 4.69) is 9.71 Å². The molecule has 3 aromatic rings. The van der Waals surface area contributed by atoms with Crippen molar-refractivity contribution in [2.45, 2.75) is 25.7 Å². The fourth-order valence-corrected chi connectivity index (χ4v) is 6.11. The normalized spacial score (nSPS) is 14.6. The fourth-order valence-electron chi connectivity index (χ4n) is 3.68. The smallest absolute Gasteiger partial charge is 0.266 e. The Morgan fingerprint density at radius 2 is 1.88 bits per heavy atom. The number of ether oxygens (including phenoxy) is 1. The van der Waals surface area contributed by atoms with Gasteiger partial charge in [0.05, 0.1) is 24.6 Å². The van der Waals surface area contributed by atoms with E-state index in [1.165, 1.54) is 11.3 Å². The number of amides is 1. The van der Waals surface area contributed by atoms with Crippen molar-refractivity contribution in [3.05, 3.63) is 52.2 Å². The van der Waals surface area contributed by atoms with Gasteiger partial charge in [-0.05, 0) is 44.5 Å². The molecule has 1 aliphatic rings. The van der Waals surface area contributed by atoms with Crippen LogP contribution in [0.5, 0.6) is 0 Å². The number of carbonyl (C=O) groups is 1. The van der Waals surface area contributed by atoms with Gasteiger partial charge in [-0.25, -0.2) is 13.4 Å². The van der Waals surface area contributed by atoms with Gasteiger partial charge in [-0.3, -0.25) is 9.52 Å².